The van der Waals surface area contributed by atoms with Crippen molar-refractivity contribution in [2.45, 2.75) is 32.0 Å². The number of halogens is 2. The van der Waals surface area contributed by atoms with Gasteiger partial charge in [-0.2, -0.15) is 0 Å². The van der Waals surface area contributed by atoms with E-state index < -0.39 is 11.8 Å². The first-order valence-corrected chi connectivity index (χ1v) is 17.3. The molecule has 1 N–H and O–H groups in total. The van der Waals surface area contributed by atoms with Crippen LogP contribution in [0.1, 0.15) is 31.6 Å². The van der Waals surface area contributed by atoms with Crippen molar-refractivity contribution in [1.82, 2.24) is 4.98 Å². The molecule has 0 spiro atoms. The molecule has 0 aliphatic rings. The maximum atomic E-state index is 13.7. The van der Waals surface area contributed by atoms with E-state index in [1.807, 2.05) is 13.0 Å². The number of carboxylic acid groups (broad SMARTS) is 1. The van der Waals surface area contributed by atoms with Gasteiger partial charge in [0.15, 0.2) is 0 Å². The van der Waals surface area contributed by atoms with Gasteiger partial charge in [0.1, 0.15) is 0 Å². The minimum atomic E-state index is -0.994. The van der Waals surface area contributed by atoms with E-state index >= 15 is 0 Å². The third-order valence-electron chi connectivity index (χ3n) is 6.83. The van der Waals surface area contributed by atoms with Crippen molar-refractivity contribution < 1.29 is 19.0 Å². The zero-order valence-electron chi connectivity index (χ0n) is 23.4. The first-order valence-electron chi connectivity index (χ1n) is 13.4. The van der Waals surface area contributed by atoms with Crippen molar-refractivity contribution in [1.29, 1.82) is 0 Å². The van der Waals surface area contributed by atoms with Crippen LogP contribution in [0.5, 0.6) is 5.75 Å². The quantitative estimate of drug-likeness (QED) is 0.159. The number of carbonyl (C=O) groups is 1. The van der Waals surface area contributed by atoms with Crippen molar-refractivity contribution in [3.05, 3.63) is 123 Å². The monoisotopic (exact) mass is 713 g/mol. The summed E-state index contributed by atoms with van der Waals surface area (Å²) in [5.41, 5.74) is 7.53. The van der Waals surface area contributed by atoms with Gasteiger partial charge in [-0.25, -0.2) is 0 Å². The van der Waals surface area contributed by atoms with E-state index in [1.54, 1.807) is 12.1 Å². The van der Waals surface area contributed by atoms with Crippen LogP contribution >= 0.6 is 11.6 Å². The van der Waals surface area contributed by atoms with Gasteiger partial charge in [0.25, 0.3) is 0 Å². The Balaban J connectivity index is 1.44. The molecule has 1 aromatic heterocycles. The second-order valence-electron chi connectivity index (χ2n) is 10.1. The normalized spacial score (nSPS) is 11.8. The standard InChI is InChI=1S/C34H29ClFNO3Se2/c1-20-4-8-25(9-5-20)34-37-22(3)33(42-34)31(41-27-13-15-30(21(2)16-27)40-19-32(38)39)17-23-6-10-24(11-7-23)26-12-14-29(36)28(35)18-26/h4-16,18,31H,17,19H2,1-3H3,(H,38,39). The molecule has 0 radical (unpaired) electrons. The molecule has 4 nitrogen and oxygen atoms in total. The molecular weight excluding hydrogens is 683 g/mol. The van der Waals surface area contributed by atoms with Crippen molar-refractivity contribution in [2.24, 2.45) is 0 Å². The topological polar surface area (TPSA) is 59.4 Å². The van der Waals surface area contributed by atoms with Crippen LogP contribution in [-0.4, -0.2) is 52.1 Å². The number of benzene rings is 4. The second-order valence-corrected chi connectivity index (χ2v) is 15.3. The van der Waals surface area contributed by atoms with E-state index in [2.05, 4.69) is 74.5 Å². The van der Waals surface area contributed by atoms with Gasteiger partial charge in [-0.15, -0.1) is 0 Å². The fraction of sp³-hybridized carbons (Fsp3) is 0.176. The van der Waals surface area contributed by atoms with Gasteiger partial charge < -0.3 is 0 Å². The molecule has 0 amide bonds. The number of hydrogen-bond donors (Lipinski definition) is 1. The SMILES string of the molecule is Cc1ccc(-c2nc(C)c(C(Cc3ccc(-c4ccc(F)c(Cl)c4)cc3)[Se]c3ccc(OCC(=O)O)c(C)c3)[se]2)cc1. The minimum absolute atomic E-state index is 0.0931. The Kier molecular flexibility index (Phi) is 9.67. The van der Waals surface area contributed by atoms with Crippen LogP contribution < -0.4 is 9.20 Å². The predicted octanol–water partition coefficient (Wildman–Crippen LogP) is 6.97. The van der Waals surface area contributed by atoms with Gasteiger partial charge >= 0.3 is 264 Å². The van der Waals surface area contributed by atoms with Crippen LogP contribution in [0, 0.1) is 26.6 Å². The third-order valence-corrected chi connectivity index (χ3v) is 13.2. The van der Waals surface area contributed by atoms with Gasteiger partial charge in [0.05, 0.1) is 0 Å². The molecule has 0 saturated carbocycles. The summed E-state index contributed by atoms with van der Waals surface area (Å²) >= 11 is 6.22. The third kappa shape index (κ3) is 7.41. The van der Waals surface area contributed by atoms with Gasteiger partial charge in [0, 0.05) is 0 Å². The fourth-order valence-corrected chi connectivity index (χ4v) is 10.7. The van der Waals surface area contributed by atoms with E-state index in [0.29, 0.717) is 10.6 Å². The molecule has 1 heterocycles. The number of aryl methyl sites for hydroxylation is 3. The average Bonchev–Trinajstić information content (AvgIpc) is 3.36. The summed E-state index contributed by atoms with van der Waals surface area (Å²) in [5, 5.41) is 9.11. The van der Waals surface area contributed by atoms with Crippen LogP contribution in [0.2, 0.25) is 5.02 Å². The van der Waals surface area contributed by atoms with Crippen molar-refractivity contribution in [2.75, 3.05) is 6.61 Å². The first kappa shape index (κ1) is 30.3. The fourth-order valence-electron chi connectivity index (χ4n) is 4.60. The number of ether oxygens (including phenoxy) is 1. The number of rotatable bonds is 10. The van der Waals surface area contributed by atoms with E-state index in [0.717, 1.165) is 33.4 Å². The van der Waals surface area contributed by atoms with Crippen LogP contribution in [0.15, 0.2) is 84.9 Å². The number of aliphatic carboxylic acids is 1. The molecule has 5 aromatic rings. The Morgan fingerprint density at radius 2 is 1.64 bits per heavy atom. The summed E-state index contributed by atoms with van der Waals surface area (Å²) in [6.07, 6.45) is 0.867. The molecule has 0 saturated heterocycles. The van der Waals surface area contributed by atoms with Crippen molar-refractivity contribution >= 4 is 51.5 Å². The van der Waals surface area contributed by atoms with Crippen LogP contribution in [0.25, 0.3) is 21.3 Å². The Morgan fingerprint density at radius 1 is 0.952 bits per heavy atom. The van der Waals surface area contributed by atoms with E-state index in [9.17, 15) is 9.18 Å². The van der Waals surface area contributed by atoms with E-state index in [4.69, 9.17) is 26.4 Å². The molecule has 0 aliphatic heterocycles. The molecule has 4 aromatic carbocycles. The molecule has 42 heavy (non-hydrogen) atoms. The zero-order valence-corrected chi connectivity index (χ0v) is 27.5. The average molecular weight is 712 g/mol. The second kappa shape index (κ2) is 13.4. The van der Waals surface area contributed by atoms with Gasteiger partial charge in [-0.1, -0.05) is 0 Å². The first-order chi connectivity index (χ1) is 20.2. The molecule has 214 valence electrons. The Labute approximate surface area is 262 Å². The van der Waals surface area contributed by atoms with Crippen LogP contribution in [0.3, 0.4) is 0 Å². The molecule has 0 fully saturated rings. The summed E-state index contributed by atoms with van der Waals surface area (Å²) in [5.74, 6) is -0.824. The van der Waals surface area contributed by atoms with E-state index in [1.165, 1.54) is 31.7 Å². The predicted molar refractivity (Wildman–Crippen MR) is 169 cm³/mol. The van der Waals surface area contributed by atoms with Crippen LogP contribution in [0.4, 0.5) is 4.39 Å². The maximum absolute atomic E-state index is 13.7. The summed E-state index contributed by atoms with van der Waals surface area (Å²) in [6.45, 7) is 5.81. The molecular formula is C34H29ClFNO3Se2. The number of carboxylic acids is 1. The number of aromatic nitrogens is 1. The van der Waals surface area contributed by atoms with Gasteiger partial charge in [-0.3, -0.25) is 0 Å². The Morgan fingerprint density at radius 3 is 2.31 bits per heavy atom. The van der Waals surface area contributed by atoms with Gasteiger partial charge in [0.2, 0.25) is 0 Å². The van der Waals surface area contributed by atoms with Crippen LogP contribution in [-0.2, 0) is 11.2 Å². The number of nitrogens with zero attached hydrogens (tertiary/aromatic N) is 1. The van der Waals surface area contributed by atoms with Gasteiger partial charge in [-0.05, 0) is 0 Å². The molecule has 0 bridgehead atoms. The summed E-state index contributed by atoms with van der Waals surface area (Å²) in [4.78, 5) is 16.3. The molecule has 1 unspecified atom stereocenters. The Bertz CT molecular complexity index is 1720. The summed E-state index contributed by atoms with van der Waals surface area (Å²) < 4.78 is 22.9. The summed E-state index contributed by atoms with van der Waals surface area (Å²) in [6, 6.07) is 27.8. The number of hydrogen-bond acceptors (Lipinski definition) is 3. The molecule has 1 atom stereocenters. The zero-order chi connectivity index (χ0) is 29.8. The van der Waals surface area contributed by atoms with Crippen molar-refractivity contribution in [3.63, 3.8) is 0 Å². The summed E-state index contributed by atoms with van der Waals surface area (Å²) in [7, 11) is 0. The molecule has 8 heteroatoms. The van der Waals surface area contributed by atoms with E-state index in [-0.39, 0.29) is 41.1 Å². The Hall–Kier alpha value is -3.18. The molecule has 0 aliphatic carbocycles. The molecule has 5 rings (SSSR count). The van der Waals surface area contributed by atoms with Crippen molar-refractivity contribution in [3.8, 4) is 27.0 Å².